The zero-order valence-corrected chi connectivity index (χ0v) is 27.4. The molecule has 0 saturated heterocycles. The van der Waals surface area contributed by atoms with Crippen LogP contribution >= 0.6 is 11.3 Å². The van der Waals surface area contributed by atoms with E-state index >= 15 is 0 Å². The summed E-state index contributed by atoms with van der Waals surface area (Å²) in [7, 11) is 0. The highest BCUT2D eigenvalue weighted by molar-refractivity contribution is 7.26. The molecular formula is C48H28S. The lowest BCUT2D eigenvalue weighted by Crippen LogP contribution is -1.92. The predicted octanol–water partition coefficient (Wildman–Crippen LogP) is 14.3. The summed E-state index contributed by atoms with van der Waals surface area (Å²) in [5, 5.41) is 18.2. The van der Waals surface area contributed by atoms with Crippen LogP contribution in [-0.4, -0.2) is 0 Å². The number of hydrogen-bond donors (Lipinski definition) is 0. The second-order valence-electron chi connectivity index (χ2n) is 13.2. The van der Waals surface area contributed by atoms with Gasteiger partial charge in [0.2, 0.25) is 0 Å². The second-order valence-corrected chi connectivity index (χ2v) is 14.2. The molecule has 1 heteroatoms. The first-order valence-electron chi connectivity index (χ1n) is 16.9. The molecule has 0 nitrogen and oxygen atoms in total. The van der Waals surface area contributed by atoms with Crippen LogP contribution in [0, 0.1) is 0 Å². The summed E-state index contributed by atoms with van der Waals surface area (Å²) in [5.41, 5.74) is 5.15. The average molecular weight is 637 g/mol. The van der Waals surface area contributed by atoms with Crippen molar-refractivity contribution in [1.82, 2.24) is 0 Å². The minimum atomic E-state index is 1.26. The maximum absolute atomic E-state index is 2.44. The molecule has 0 fully saturated rings. The zero-order chi connectivity index (χ0) is 32.1. The van der Waals surface area contributed by atoms with Crippen LogP contribution in [0.5, 0.6) is 0 Å². The van der Waals surface area contributed by atoms with Gasteiger partial charge in [0, 0.05) is 20.2 Å². The third-order valence-corrected chi connectivity index (χ3v) is 11.8. The molecule has 10 aromatic carbocycles. The molecule has 1 heterocycles. The van der Waals surface area contributed by atoms with Crippen LogP contribution in [0.3, 0.4) is 0 Å². The van der Waals surface area contributed by atoms with Crippen molar-refractivity contribution in [3.8, 4) is 22.3 Å². The SMILES string of the molecule is c1ccc2c(c1)ccc1c3ccc(-c4c5ccccc5c(-c5cc6ccc7ccccc7c6c6ccccc56)c5ccccc45)cc3sc21. The van der Waals surface area contributed by atoms with Crippen LogP contribution in [0.15, 0.2) is 170 Å². The van der Waals surface area contributed by atoms with Crippen molar-refractivity contribution in [2.24, 2.45) is 0 Å². The van der Waals surface area contributed by atoms with E-state index in [1.807, 2.05) is 11.3 Å². The summed E-state index contributed by atoms with van der Waals surface area (Å²) in [4.78, 5) is 0. The lowest BCUT2D eigenvalue weighted by atomic mass is 9.83. The van der Waals surface area contributed by atoms with Crippen LogP contribution in [0.2, 0.25) is 0 Å². The van der Waals surface area contributed by atoms with Crippen molar-refractivity contribution in [2.45, 2.75) is 0 Å². The molecule has 0 radical (unpaired) electrons. The molecule has 0 aliphatic rings. The highest BCUT2D eigenvalue weighted by Crippen LogP contribution is 2.48. The van der Waals surface area contributed by atoms with E-state index in [4.69, 9.17) is 0 Å². The van der Waals surface area contributed by atoms with Gasteiger partial charge in [0.25, 0.3) is 0 Å². The Morgan fingerprint density at radius 2 is 0.816 bits per heavy atom. The van der Waals surface area contributed by atoms with Crippen molar-refractivity contribution in [3.05, 3.63) is 170 Å². The van der Waals surface area contributed by atoms with Crippen LogP contribution in [-0.2, 0) is 0 Å². The smallest absolute Gasteiger partial charge is 0.0433 e. The molecule has 11 aromatic rings. The van der Waals surface area contributed by atoms with Gasteiger partial charge in [-0.15, -0.1) is 11.3 Å². The maximum atomic E-state index is 2.44. The molecule has 49 heavy (non-hydrogen) atoms. The van der Waals surface area contributed by atoms with Gasteiger partial charge in [-0.05, 0) is 99.0 Å². The first-order chi connectivity index (χ1) is 24.3. The maximum Gasteiger partial charge on any atom is 0.0433 e. The third kappa shape index (κ3) is 3.85. The molecule has 0 aliphatic heterocycles. The molecule has 0 amide bonds. The topological polar surface area (TPSA) is 0 Å². The van der Waals surface area contributed by atoms with Crippen LogP contribution in [0.4, 0.5) is 0 Å². The summed E-state index contributed by atoms with van der Waals surface area (Å²) in [6, 6.07) is 63.2. The zero-order valence-electron chi connectivity index (χ0n) is 26.6. The normalized spacial score (nSPS) is 12.1. The van der Waals surface area contributed by atoms with Crippen molar-refractivity contribution in [3.63, 3.8) is 0 Å². The second kappa shape index (κ2) is 10.2. The number of hydrogen-bond acceptors (Lipinski definition) is 1. The van der Waals surface area contributed by atoms with E-state index in [0.29, 0.717) is 0 Å². The van der Waals surface area contributed by atoms with Crippen molar-refractivity contribution < 1.29 is 0 Å². The summed E-state index contributed by atoms with van der Waals surface area (Å²) in [6.07, 6.45) is 0. The van der Waals surface area contributed by atoms with Crippen LogP contribution in [0.1, 0.15) is 0 Å². The highest BCUT2D eigenvalue weighted by Gasteiger charge is 2.20. The Morgan fingerprint density at radius 3 is 1.53 bits per heavy atom. The van der Waals surface area contributed by atoms with E-state index in [1.165, 1.54) is 107 Å². The molecule has 0 spiro atoms. The van der Waals surface area contributed by atoms with Gasteiger partial charge < -0.3 is 0 Å². The Bertz CT molecular complexity index is 3100. The lowest BCUT2D eigenvalue weighted by Gasteiger charge is -2.20. The Balaban J connectivity index is 1.23. The van der Waals surface area contributed by atoms with Crippen molar-refractivity contribution in [2.75, 3.05) is 0 Å². The standard InChI is InChI=1S/C48H28S/c1-3-13-33-29(11-1)21-22-31-27-43(35-15-5-6-16-37(35)45(31)33)47-40-19-9-7-17-38(40)46(39-18-8-10-20-41(39)47)32-24-25-36-42-26-23-30-12-2-4-14-34(30)48(42)49-44(36)28-32/h1-28H. The summed E-state index contributed by atoms with van der Waals surface area (Å²) in [5.74, 6) is 0. The number of benzene rings is 10. The largest absolute Gasteiger partial charge is 0.135 e. The van der Waals surface area contributed by atoms with Crippen LogP contribution in [0.25, 0.3) is 107 Å². The minimum Gasteiger partial charge on any atom is -0.135 e. The quantitative estimate of drug-likeness (QED) is 0.131. The molecule has 0 bridgehead atoms. The fourth-order valence-corrected chi connectivity index (χ4v) is 9.75. The van der Waals surface area contributed by atoms with E-state index in [2.05, 4.69) is 170 Å². The Hall–Kier alpha value is -6.02. The summed E-state index contributed by atoms with van der Waals surface area (Å²) < 4.78 is 2.69. The molecule has 0 saturated carbocycles. The fourth-order valence-electron chi connectivity index (χ4n) is 8.47. The first kappa shape index (κ1) is 27.0. The minimum absolute atomic E-state index is 1.26. The van der Waals surface area contributed by atoms with Gasteiger partial charge in [-0.25, -0.2) is 0 Å². The monoisotopic (exact) mass is 636 g/mol. The number of rotatable bonds is 2. The van der Waals surface area contributed by atoms with Gasteiger partial charge in [0.1, 0.15) is 0 Å². The number of fused-ring (bicyclic) bond motifs is 12. The van der Waals surface area contributed by atoms with E-state index in [-0.39, 0.29) is 0 Å². The van der Waals surface area contributed by atoms with Crippen molar-refractivity contribution in [1.29, 1.82) is 0 Å². The van der Waals surface area contributed by atoms with Gasteiger partial charge in [-0.1, -0.05) is 158 Å². The van der Waals surface area contributed by atoms with Crippen LogP contribution < -0.4 is 0 Å². The van der Waals surface area contributed by atoms with Gasteiger partial charge in [0.05, 0.1) is 0 Å². The Morgan fingerprint density at radius 1 is 0.306 bits per heavy atom. The van der Waals surface area contributed by atoms with Gasteiger partial charge in [0.15, 0.2) is 0 Å². The number of thiophene rings is 1. The Kier molecular flexibility index (Phi) is 5.64. The molecule has 226 valence electrons. The molecule has 1 aromatic heterocycles. The Labute approximate surface area is 287 Å². The highest BCUT2D eigenvalue weighted by atomic mass is 32.1. The fraction of sp³-hybridized carbons (Fsp3) is 0. The molecule has 0 aliphatic carbocycles. The lowest BCUT2D eigenvalue weighted by molar-refractivity contribution is 1.70. The summed E-state index contributed by atoms with van der Waals surface area (Å²) >= 11 is 1.91. The van der Waals surface area contributed by atoms with Crippen molar-refractivity contribution >= 4 is 96.1 Å². The molecule has 0 atom stereocenters. The van der Waals surface area contributed by atoms with E-state index < -0.39 is 0 Å². The molecule has 0 N–H and O–H groups in total. The molecule has 11 rings (SSSR count). The molecular weight excluding hydrogens is 609 g/mol. The summed E-state index contributed by atoms with van der Waals surface area (Å²) in [6.45, 7) is 0. The third-order valence-electron chi connectivity index (χ3n) is 10.6. The van der Waals surface area contributed by atoms with Gasteiger partial charge in [-0.2, -0.15) is 0 Å². The van der Waals surface area contributed by atoms with E-state index in [1.54, 1.807) is 0 Å². The average Bonchev–Trinajstić information content (AvgIpc) is 3.55. The molecule has 0 unspecified atom stereocenters. The van der Waals surface area contributed by atoms with E-state index in [0.717, 1.165) is 0 Å². The van der Waals surface area contributed by atoms with E-state index in [9.17, 15) is 0 Å². The van der Waals surface area contributed by atoms with Gasteiger partial charge >= 0.3 is 0 Å². The van der Waals surface area contributed by atoms with Gasteiger partial charge in [-0.3, -0.25) is 0 Å². The first-order valence-corrected chi connectivity index (χ1v) is 17.7. The predicted molar refractivity (Wildman–Crippen MR) is 215 cm³/mol.